The van der Waals surface area contributed by atoms with Gasteiger partial charge in [0.1, 0.15) is 0 Å². The second-order valence-corrected chi connectivity index (χ2v) is 6.66. The minimum absolute atomic E-state index is 0.556. The van der Waals surface area contributed by atoms with Crippen molar-refractivity contribution in [2.75, 3.05) is 13.1 Å². The van der Waals surface area contributed by atoms with Gasteiger partial charge in [-0.1, -0.05) is 34.6 Å². The second-order valence-electron chi connectivity index (χ2n) is 6.66. The van der Waals surface area contributed by atoms with Crippen molar-refractivity contribution in [2.45, 2.75) is 72.8 Å². The molecule has 122 valence electrons. The fourth-order valence-electron chi connectivity index (χ4n) is 3.04. The summed E-state index contributed by atoms with van der Waals surface area (Å²) in [7, 11) is 0. The molecule has 0 aromatic carbocycles. The highest BCUT2D eigenvalue weighted by Gasteiger charge is 2.14. The predicted octanol–water partition coefficient (Wildman–Crippen LogP) is 4.45. The quantitative estimate of drug-likeness (QED) is 0.611. The van der Waals surface area contributed by atoms with E-state index in [4.69, 9.17) is 5.10 Å². The molecule has 0 amide bonds. The van der Waals surface area contributed by atoms with Crippen molar-refractivity contribution in [3.63, 3.8) is 0 Å². The van der Waals surface area contributed by atoms with Crippen LogP contribution in [0.15, 0.2) is 12.3 Å². The van der Waals surface area contributed by atoms with Crippen LogP contribution in [-0.2, 0) is 6.42 Å². The third-order valence-electron chi connectivity index (χ3n) is 4.14. The van der Waals surface area contributed by atoms with E-state index in [1.807, 2.05) is 0 Å². The van der Waals surface area contributed by atoms with E-state index in [1.54, 1.807) is 0 Å². The zero-order valence-corrected chi connectivity index (χ0v) is 14.7. The maximum absolute atomic E-state index is 4.82. The summed E-state index contributed by atoms with van der Waals surface area (Å²) in [5.41, 5.74) is 1.26. The molecule has 0 aliphatic carbocycles. The highest BCUT2D eigenvalue weighted by atomic mass is 15.3. The maximum atomic E-state index is 4.82. The van der Waals surface area contributed by atoms with Crippen LogP contribution in [0.3, 0.4) is 0 Å². The van der Waals surface area contributed by atoms with Gasteiger partial charge in [-0.05, 0) is 63.1 Å². The molecule has 1 unspecified atom stereocenters. The molecule has 1 N–H and O–H groups in total. The third-order valence-corrected chi connectivity index (χ3v) is 4.14. The molecule has 1 heterocycles. The molecule has 1 aromatic rings. The number of nitrogens with one attached hydrogen (secondary N) is 1. The zero-order valence-electron chi connectivity index (χ0n) is 14.7. The van der Waals surface area contributed by atoms with Crippen LogP contribution in [0.5, 0.6) is 0 Å². The molecule has 1 atom stereocenters. The topological polar surface area (TPSA) is 29.9 Å². The van der Waals surface area contributed by atoms with Gasteiger partial charge in [0.15, 0.2) is 0 Å². The van der Waals surface area contributed by atoms with E-state index in [2.05, 4.69) is 56.9 Å². The predicted molar refractivity (Wildman–Crippen MR) is 91.7 cm³/mol. The molecular formula is C18H35N3. The Labute approximate surface area is 131 Å². The van der Waals surface area contributed by atoms with E-state index in [-0.39, 0.29) is 0 Å². The van der Waals surface area contributed by atoms with Crippen LogP contribution < -0.4 is 5.32 Å². The first-order valence-electron chi connectivity index (χ1n) is 8.85. The second kappa shape index (κ2) is 9.99. The lowest BCUT2D eigenvalue weighted by atomic mass is 9.93. The van der Waals surface area contributed by atoms with Gasteiger partial charge >= 0.3 is 0 Å². The molecule has 0 aliphatic heterocycles. The molecule has 0 bridgehead atoms. The van der Waals surface area contributed by atoms with Gasteiger partial charge in [-0.15, -0.1) is 0 Å². The van der Waals surface area contributed by atoms with Crippen LogP contribution in [0.4, 0.5) is 0 Å². The first-order valence-corrected chi connectivity index (χ1v) is 8.85. The van der Waals surface area contributed by atoms with E-state index >= 15 is 0 Å². The Kier molecular flexibility index (Phi) is 8.67. The molecule has 3 nitrogen and oxygen atoms in total. The molecule has 21 heavy (non-hydrogen) atoms. The van der Waals surface area contributed by atoms with E-state index in [1.165, 1.54) is 18.5 Å². The largest absolute Gasteiger partial charge is 0.316 e. The average molecular weight is 293 g/mol. The Morgan fingerprint density at radius 2 is 1.90 bits per heavy atom. The average Bonchev–Trinajstić information content (AvgIpc) is 2.88. The van der Waals surface area contributed by atoms with Gasteiger partial charge in [0, 0.05) is 6.20 Å². The third kappa shape index (κ3) is 6.64. The number of hydrogen-bond donors (Lipinski definition) is 1. The molecule has 0 aliphatic rings. The minimum Gasteiger partial charge on any atom is -0.316 e. The lowest BCUT2D eigenvalue weighted by Gasteiger charge is -2.19. The number of hydrogen-bond acceptors (Lipinski definition) is 2. The molecule has 3 heteroatoms. The van der Waals surface area contributed by atoms with Crippen molar-refractivity contribution in [1.29, 1.82) is 0 Å². The summed E-state index contributed by atoms with van der Waals surface area (Å²) in [6.45, 7) is 13.6. The molecule has 0 radical (unpaired) electrons. The van der Waals surface area contributed by atoms with Crippen molar-refractivity contribution < 1.29 is 0 Å². The normalized spacial score (nSPS) is 13.3. The Morgan fingerprint density at radius 1 is 1.19 bits per heavy atom. The first-order chi connectivity index (χ1) is 10.1. The number of aromatic nitrogens is 2. The standard InChI is InChI=1S/C18H35N3/c1-6-10-19-14-16(12-15(4)5)13-17-9-11-21(20-17)18(7-2)8-3/h9,11,15-16,18-19H,6-8,10,12-14H2,1-5H3. The van der Waals surface area contributed by atoms with Gasteiger partial charge in [-0.25, -0.2) is 0 Å². The Hall–Kier alpha value is -0.830. The summed E-state index contributed by atoms with van der Waals surface area (Å²) in [4.78, 5) is 0. The highest BCUT2D eigenvalue weighted by Crippen LogP contribution is 2.19. The van der Waals surface area contributed by atoms with E-state index in [0.717, 1.165) is 38.3 Å². The molecule has 0 saturated carbocycles. The summed E-state index contributed by atoms with van der Waals surface area (Å²) in [5.74, 6) is 1.45. The molecule has 0 fully saturated rings. The molecule has 1 aromatic heterocycles. The molecule has 0 spiro atoms. The van der Waals surface area contributed by atoms with Crippen LogP contribution in [0.25, 0.3) is 0 Å². The fourth-order valence-corrected chi connectivity index (χ4v) is 3.04. The lowest BCUT2D eigenvalue weighted by molar-refractivity contribution is 0.376. The van der Waals surface area contributed by atoms with Crippen LogP contribution >= 0.6 is 0 Å². The molecule has 0 saturated heterocycles. The van der Waals surface area contributed by atoms with E-state index < -0.39 is 0 Å². The highest BCUT2D eigenvalue weighted by molar-refractivity contribution is 5.01. The monoisotopic (exact) mass is 293 g/mol. The van der Waals surface area contributed by atoms with Crippen molar-refractivity contribution in [3.8, 4) is 0 Å². The summed E-state index contributed by atoms with van der Waals surface area (Å²) in [6, 6.07) is 2.77. The van der Waals surface area contributed by atoms with Crippen LogP contribution in [0.1, 0.15) is 72.0 Å². The summed E-state index contributed by atoms with van der Waals surface area (Å²) in [5, 5.41) is 8.39. The van der Waals surface area contributed by atoms with Crippen LogP contribution in [-0.4, -0.2) is 22.9 Å². The summed E-state index contributed by atoms with van der Waals surface area (Å²) < 4.78 is 2.17. The smallest absolute Gasteiger partial charge is 0.0627 e. The van der Waals surface area contributed by atoms with Crippen molar-refractivity contribution in [1.82, 2.24) is 15.1 Å². The molecular weight excluding hydrogens is 258 g/mol. The van der Waals surface area contributed by atoms with Gasteiger partial charge in [0.05, 0.1) is 11.7 Å². The minimum atomic E-state index is 0.556. The Bertz CT molecular complexity index is 366. The van der Waals surface area contributed by atoms with Gasteiger partial charge in [-0.3, -0.25) is 4.68 Å². The zero-order chi connectivity index (χ0) is 15.7. The number of rotatable bonds is 11. The maximum Gasteiger partial charge on any atom is 0.0627 e. The van der Waals surface area contributed by atoms with Crippen LogP contribution in [0, 0.1) is 11.8 Å². The van der Waals surface area contributed by atoms with Crippen molar-refractivity contribution >= 4 is 0 Å². The van der Waals surface area contributed by atoms with E-state index in [9.17, 15) is 0 Å². The summed E-state index contributed by atoms with van der Waals surface area (Å²) in [6.07, 6.45) is 8.06. The fraction of sp³-hybridized carbons (Fsp3) is 0.833. The van der Waals surface area contributed by atoms with Gasteiger partial charge in [0.2, 0.25) is 0 Å². The number of nitrogens with zero attached hydrogens (tertiary/aromatic N) is 2. The van der Waals surface area contributed by atoms with Gasteiger partial charge < -0.3 is 5.32 Å². The van der Waals surface area contributed by atoms with Crippen molar-refractivity contribution in [2.24, 2.45) is 11.8 Å². The molecule has 1 rings (SSSR count). The van der Waals surface area contributed by atoms with E-state index in [0.29, 0.717) is 12.0 Å². The van der Waals surface area contributed by atoms with Crippen LogP contribution in [0.2, 0.25) is 0 Å². The Morgan fingerprint density at radius 3 is 2.48 bits per heavy atom. The Balaban J connectivity index is 2.60. The van der Waals surface area contributed by atoms with Gasteiger partial charge in [0.25, 0.3) is 0 Å². The van der Waals surface area contributed by atoms with Crippen molar-refractivity contribution in [3.05, 3.63) is 18.0 Å². The lowest BCUT2D eigenvalue weighted by Crippen LogP contribution is -2.26. The first kappa shape index (κ1) is 18.2. The SMILES string of the molecule is CCCNCC(Cc1ccn(C(CC)CC)n1)CC(C)C. The van der Waals surface area contributed by atoms with Gasteiger partial charge in [-0.2, -0.15) is 5.10 Å². The summed E-state index contributed by atoms with van der Waals surface area (Å²) >= 11 is 0.